The zero-order chi connectivity index (χ0) is 21.4. The SMILES string of the molecule is CNC(=O)c1cc(F)c(-c2nc3cc(C)ncn3c2CC2CN(C)CCO2)c(F)c1. The lowest BCUT2D eigenvalue weighted by Crippen LogP contribution is -2.41. The first-order chi connectivity index (χ1) is 14.4. The number of carbonyl (C=O) groups excluding carboxylic acids is 1. The fourth-order valence-electron chi connectivity index (χ4n) is 3.76. The number of amides is 1. The molecule has 2 aromatic heterocycles. The molecule has 0 spiro atoms. The molecule has 0 aliphatic carbocycles. The van der Waals surface area contributed by atoms with Crippen molar-refractivity contribution in [1.29, 1.82) is 0 Å². The number of aromatic nitrogens is 3. The van der Waals surface area contributed by atoms with Gasteiger partial charge in [0.2, 0.25) is 0 Å². The van der Waals surface area contributed by atoms with E-state index in [-0.39, 0.29) is 22.9 Å². The van der Waals surface area contributed by atoms with Gasteiger partial charge in [0.25, 0.3) is 5.91 Å². The Labute approximate surface area is 172 Å². The van der Waals surface area contributed by atoms with Crippen molar-refractivity contribution in [3.05, 3.63) is 53.1 Å². The van der Waals surface area contributed by atoms with Gasteiger partial charge in [0.15, 0.2) is 0 Å². The number of halogens is 2. The zero-order valence-electron chi connectivity index (χ0n) is 17.1. The molecule has 1 atom stereocenters. The number of benzene rings is 1. The second kappa shape index (κ2) is 8.08. The van der Waals surface area contributed by atoms with Crippen LogP contribution in [0.2, 0.25) is 0 Å². The van der Waals surface area contributed by atoms with Crippen molar-refractivity contribution >= 4 is 11.6 Å². The van der Waals surface area contributed by atoms with Crippen LogP contribution < -0.4 is 5.32 Å². The van der Waals surface area contributed by atoms with Gasteiger partial charge < -0.3 is 15.0 Å². The third-order valence-corrected chi connectivity index (χ3v) is 5.28. The molecule has 4 rings (SSSR count). The standard InChI is InChI=1S/C21H23F2N5O2/c1-12-6-18-26-20(19-15(22)7-13(8-16(19)23)21(29)24-2)17(28(18)11-25-12)9-14-10-27(3)4-5-30-14/h6-8,11,14H,4-5,9-10H2,1-3H3,(H,24,29). The number of aryl methyl sites for hydroxylation is 1. The number of nitrogens with one attached hydrogen (secondary N) is 1. The van der Waals surface area contributed by atoms with Crippen molar-refractivity contribution in [2.24, 2.45) is 0 Å². The third-order valence-electron chi connectivity index (χ3n) is 5.28. The van der Waals surface area contributed by atoms with E-state index in [0.717, 1.165) is 24.4 Å². The number of morpholine rings is 1. The Morgan fingerprint density at radius 1 is 1.30 bits per heavy atom. The molecular weight excluding hydrogens is 392 g/mol. The smallest absolute Gasteiger partial charge is 0.251 e. The van der Waals surface area contributed by atoms with Gasteiger partial charge in [-0.15, -0.1) is 0 Å². The van der Waals surface area contributed by atoms with Crippen LogP contribution >= 0.6 is 0 Å². The zero-order valence-corrected chi connectivity index (χ0v) is 17.1. The van der Waals surface area contributed by atoms with Crippen molar-refractivity contribution in [3.8, 4) is 11.3 Å². The van der Waals surface area contributed by atoms with Gasteiger partial charge in [-0.05, 0) is 26.1 Å². The molecule has 1 amide bonds. The highest BCUT2D eigenvalue weighted by atomic mass is 19.1. The van der Waals surface area contributed by atoms with Gasteiger partial charge >= 0.3 is 0 Å². The highest BCUT2D eigenvalue weighted by molar-refractivity contribution is 5.94. The van der Waals surface area contributed by atoms with E-state index in [0.29, 0.717) is 30.9 Å². The number of hydrogen-bond donors (Lipinski definition) is 1. The molecule has 9 heteroatoms. The molecule has 1 unspecified atom stereocenters. The molecule has 0 saturated carbocycles. The molecule has 1 aliphatic heterocycles. The number of carbonyl (C=O) groups is 1. The van der Waals surface area contributed by atoms with E-state index >= 15 is 0 Å². The maximum Gasteiger partial charge on any atom is 0.251 e. The average molecular weight is 415 g/mol. The van der Waals surface area contributed by atoms with Gasteiger partial charge in [0, 0.05) is 43.9 Å². The lowest BCUT2D eigenvalue weighted by Gasteiger charge is -2.30. The van der Waals surface area contributed by atoms with Crippen LogP contribution in [0.4, 0.5) is 8.78 Å². The summed E-state index contributed by atoms with van der Waals surface area (Å²) in [5.74, 6) is -2.25. The third kappa shape index (κ3) is 3.78. The van der Waals surface area contributed by atoms with Crippen molar-refractivity contribution in [2.75, 3.05) is 33.8 Å². The maximum atomic E-state index is 15.0. The quantitative estimate of drug-likeness (QED) is 0.708. The molecule has 1 fully saturated rings. The minimum absolute atomic E-state index is 0.0867. The molecule has 1 N–H and O–H groups in total. The van der Waals surface area contributed by atoms with E-state index in [1.165, 1.54) is 7.05 Å². The topological polar surface area (TPSA) is 71.8 Å². The van der Waals surface area contributed by atoms with E-state index < -0.39 is 17.5 Å². The molecule has 0 bridgehead atoms. The van der Waals surface area contributed by atoms with Gasteiger partial charge in [-0.3, -0.25) is 9.20 Å². The summed E-state index contributed by atoms with van der Waals surface area (Å²) in [6.45, 7) is 3.95. The van der Waals surface area contributed by atoms with Crippen molar-refractivity contribution in [2.45, 2.75) is 19.4 Å². The summed E-state index contributed by atoms with van der Waals surface area (Å²) in [5.41, 5.74) is 1.75. The first kappa shape index (κ1) is 20.4. The van der Waals surface area contributed by atoms with E-state index in [4.69, 9.17) is 4.74 Å². The summed E-state index contributed by atoms with van der Waals surface area (Å²) in [6.07, 6.45) is 1.89. The fraction of sp³-hybridized carbons (Fsp3) is 0.381. The molecule has 0 radical (unpaired) electrons. The Morgan fingerprint density at radius 2 is 2.03 bits per heavy atom. The number of nitrogens with zero attached hydrogens (tertiary/aromatic N) is 4. The Bertz CT molecular complexity index is 1090. The predicted octanol–water partition coefficient (Wildman–Crippen LogP) is 2.22. The van der Waals surface area contributed by atoms with Crippen LogP contribution in [-0.4, -0.2) is 65.1 Å². The van der Waals surface area contributed by atoms with Crippen molar-refractivity contribution in [3.63, 3.8) is 0 Å². The number of rotatable bonds is 4. The van der Waals surface area contributed by atoms with Crippen LogP contribution in [0.3, 0.4) is 0 Å². The van der Waals surface area contributed by atoms with E-state index in [1.54, 1.807) is 16.8 Å². The number of imidazole rings is 1. The highest BCUT2D eigenvalue weighted by Gasteiger charge is 2.26. The van der Waals surface area contributed by atoms with Gasteiger partial charge in [0.1, 0.15) is 23.6 Å². The van der Waals surface area contributed by atoms with E-state index in [9.17, 15) is 13.6 Å². The number of likely N-dealkylation sites (N-methyl/N-ethyl adjacent to an activating group) is 1. The molecule has 158 valence electrons. The molecule has 3 heterocycles. The van der Waals surface area contributed by atoms with E-state index in [1.807, 2.05) is 14.0 Å². The highest BCUT2D eigenvalue weighted by Crippen LogP contribution is 2.31. The first-order valence-corrected chi connectivity index (χ1v) is 9.72. The van der Waals surface area contributed by atoms with Crippen molar-refractivity contribution < 1.29 is 18.3 Å². The predicted molar refractivity (Wildman–Crippen MR) is 107 cm³/mol. The summed E-state index contributed by atoms with van der Waals surface area (Å²) in [6, 6.07) is 3.81. The van der Waals surface area contributed by atoms with Gasteiger partial charge in [-0.2, -0.15) is 0 Å². The molecule has 1 saturated heterocycles. The Hall–Kier alpha value is -2.91. The van der Waals surface area contributed by atoms with Crippen LogP contribution in [0.5, 0.6) is 0 Å². The van der Waals surface area contributed by atoms with Crippen LogP contribution in [-0.2, 0) is 11.2 Å². The van der Waals surface area contributed by atoms with Crippen molar-refractivity contribution in [1.82, 2.24) is 24.6 Å². The lowest BCUT2D eigenvalue weighted by atomic mass is 10.0. The molecule has 1 aromatic carbocycles. The monoisotopic (exact) mass is 415 g/mol. The minimum Gasteiger partial charge on any atom is -0.375 e. The minimum atomic E-state index is -0.843. The molecule has 1 aliphatic rings. The summed E-state index contributed by atoms with van der Waals surface area (Å²) in [4.78, 5) is 22.8. The second-order valence-electron chi connectivity index (χ2n) is 7.52. The fourth-order valence-corrected chi connectivity index (χ4v) is 3.76. The Kier molecular flexibility index (Phi) is 5.48. The number of hydrogen-bond acceptors (Lipinski definition) is 5. The summed E-state index contributed by atoms with van der Waals surface area (Å²) < 4.78 is 37.6. The maximum absolute atomic E-state index is 15.0. The Morgan fingerprint density at radius 3 is 2.70 bits per heavy atom. The molecule has 7 nitrogen and oxygen atoms in total. The summed E-state index contributed by atoms with van der Waals surface area (Å²) >= 11 is 0. The summed E-state index contributed by atoms with van der Waals surface area (Å²) in [5, 5.41) is 2.37. The molecule has 3 aromatic rings. The first-order valence-electron chi connectivity index (χ1n) is 9.72. The second-order valence-corrected chi connectivity index (χ2v) is 7.52. The van der Waals surface area contributed by atoms with E-state index in [2.05, 4.69) is 20.2 Å². The van der Waals surface area contributed by atoms with Crippen LogP contribution in [0.1, 0.15) is 21.7 Å². The van der Waals surface area contributed by atoms with Gasteiger partial charge in [-0.25, -0.2) is 18.7 Å². The van der Waals surface area contributed by atoms with Gasteiger partial charge in [-0.1, -0.05) is 0 Å². The largest absolute Gasteiger partial charge is 0.375 e. The summed E-state index contributed by atoms with van der Waals surface area (Å²) in [7, 11) is 3.41. The molecular formula is C21H23F2N5O2. The Balaban J connectivity index is 1.85. The number of ether oxygens (including phenoxy) is 1. The normalized spacial score (nSPS) is 17.4. The van der Waals surface area contributed by atoms with Crippen LogP contribution in [0, 0.1) is 18.6 Å². The van der Waals surface area contributed by atoms with Gasteiger partial charge in [0.05, 0.1) is 29.7 Å². The average Bonchev–Trinajstić information content (AvgIpc) is 3.03. The molecule has 30 heavy (non-hydrogen) atoms. The van der Waals surface area contributed by atoms with Crippen LogP contribution in [0.15, 0.2) is 24.5 Å². The lowest BCUT2D eigenvalue weighted by molar-refractivity contribution is -0.0190. The number of fused-ring (bicyclic) bond motifs is 1. The van der Waals surface area contributed by atoms with Crippen LogP contribution in [0.25, 0.3) is 16.9 Å².